The van der Waals surface area contributed by atoms with Gasteiger partial charge < -0.3 is 24.0 Å². The number of nitrogens with zero attached hydrogens (tertiary/aromatic N) is 2. The highest BCUT2D eigenvalue weighted by atomic mass is 32.2. The van der Waals surface area contributed by atoms with E-state index in [-0.39, 0.29) is 24.5 Å². The van der Waals surface area contributed by atoms with Gasteiger partial charge in [-0.15, -0.1) is 0 Å². The largest absolute Gasteiger partial charge is 0.491 e. The molecule has 2 bridgehead atoms. The number of amides is 1. The average molecular weight is 640 g/mol. The zero-order chi connectivity index (χ0) is 32.6. The number of likely N-dealkylation sites (N-methyl/N-ethyl adjacent to an activating group) is 1. The van der Waals surface area contributed by atoms with Crippen LogP contribution in [0.1, 0.15) is 69.6 Å². The van der Waals surface area contributed by atoms with Crippen molar-refractivity contribution < 1.29 is 23.2 Å². The summed E-state index contributed by atoms with van der Waals surface area (Å²) in [7, 11) is 2.34. The van der Waals surface area contributed by atoms with Crippen LogP contribution in [0, 0.1) is 12.8 Å². The Hall–Kier alpha value is -2.72. The maximum Gasteiger partial charge on any atom is 0.263 e. The smallest absolute Gasteiger partial charge is 0.263 e. The van der Waals surface area contributed by atoms with E-state index in [0.717, 1.165) is 56.8 Å². The maximum absolute atomic E-state index is 13.4. The van der Waals surface area contributed by atoms with Crippen LogP contribution in [-0.4, -0.2) is 80.3 Å². The number of fused-ring (bicyclic) bond motifs is 1. The predicted octanol–water partition coefficient (Wildman–Crippen LogP) is 5.80. The lowest BCUT2D eigenvalue weighted by molar-refractivity contribution is -0.139. The molecule has 4 unspecified atom stereocenters. The third-order valence-corrected chi connectivity index (χ3v) is 9.88. The van der Waals surface area contributed by atoms with E-state index in [9.17, 15) is 9.00 Å². The lowest BCUT2D eigenvalue weighted by Gasteiger charge is -2.31. The van der Waals surface area contributed by atoms with E-state index in [4.69, 9.17) is 14.2 Å². The van der Waals surface area contributed by atoms with E-state index in [1.165, 1.54) is 16.7 Å². The maximum atomic E-state index is 13.4. The van der Waals surface area contributed by atoms with Crippen LogP contribution in [0.5, 0.6) is 5.75 Å². The molecule has 2 heterocycles. The highest BCUT2D eigenvalue weighted by Gasteiger charge is 2.32. The van der Waals surface area contributed by atoms with Crippen molar-refractivity contribution in [3.05, 3.63) is 65.2 Å². The van der Waals surface area contributed by atoms with Crippen LogP contribution < -0.4 is 14.4 Å². The molecule has 0 fully saturated rings. The van der Waals surface area contributed by atoms with Gasteiger partial charge in [0.15, 0.2) is 11.0 Å². The topological polar surface area (TPSA) is 80.3 Å². The molecular formula is C36H53N3O5S. The van der Waals surface area contributed by atoms with Gasteiger partial charge in [0.05, 0.1) is 36.5 Å². The molecule has 0 saturated carbocycles. The minimum atomic E-state index is -1.76. The van der Waals surface area contributed by atoms with E-state index < -0.39 is 22.5 Å². The summed E-state index contributed by atoms with van der Waals surface area (Å²) in [5.41, 5.74) is 3.72. The third kappa shape index (κ3) is 9.41. The van der Waals surface area contributed by atoms with Crippen LogP contribution in [0.4, 0.5) is 5.69 Å². The number of ether oxygens (including phenoxy) is 3. The second-order valence-electron chi connectivity index (χ2n) is 13.1. The summed E-state index contributed by atoms with van der Waals surface area (Å²) < 4.78 is 35.0. The molecule has 2 aliphatic rings. The Bertz CT molecular complexity index is 1340. The first kappa shape index (κ1) is 35.1. The van der Waals surface area contributed by atoms with Crippen molar-refractivity contribution in [3.63, 3.8) is 0 Å². The number of hydrogen-bond acceptors (Lipinski definition) is 7. The fourth-order valence-corrected chi connectivity index (χ4v) is 6.97. The van der Waals surface area contributed by atoms with Crippen LogP contribution in [0.3, 0.4) is 0 Å². The van der Waals surface area contributed by atoms with E-state index in [0.29, 0.717) is 18.1 Å². The molecule has 0 aromatic heterocycles. The van der Waals surface area contributed by atoms with Gasteiger partial charge in [0, 0.05) is 25.6 Å². The number of carbonyl (C=O) groups excluding carboxylic acids is 1. The van der Waals surface area contributed by atoms with E-state index in [2.05, 4.69) is 59.6 Å². The van der Waals surface area contributed by atoms with Gasteiger partial charge in [0.1, 0.15) is 11.4 Å². The molecule has 2 aliphatic heterocycles. The predicted molar refractivity (Wildman–Crippen MR) is 182 cm³/mol. The first-order chi connectivity index (χ1) is 21.5. The van der Waals surface area contributed by atoms with Gasteiger partial charge in [-0.2, -0.15) is 0 Å². The minimum absolute atomic E-state index is 0.0889. The quantitative estimate of drug-likeness (QED) is 0.366. The minimum Gasteiger partial charge on any atom is -0.491 e. The van der Waals surface area contributed by atoms with Crippen molar-refractivity contribution >= 4 is 22.6 Å². The highest BCUT2D eigenvalue weighted by Crippen LogP contribution is 2.38. The Morgan fingerprint density at radius 3 is 2.69 bits per heavy atom. The number of aryl methyl sites for hydroxylation is 2. The molecule has 2 aromatic rings. The van der Waals surface area contributed by atoms with Gasteiger partial charge >= 0.3 is 0 Å². The molecule has 8 nitrogen and oxygen atoms in total. The number of rotatable bonds is 8. The highest BCUT2D eigenvalue weighted by molar-refractivity contribution is 7.83. The van der Waals surface area contributed by atoms with Gasteiger partial charge in [-0.3, -0.25) is 9.52 Å². The van der Waals surface area contributed by atoms with Crippen molar-refractivity contribution in [2.75, 3.05) is 58.5 Å². The van der Waals surface area contributed by atoms with Gasteiger partial charge in [0.25, 0.3) is 5.91 Å². The van der Waals surface area contributed by atoms with Gasteiger partial charge in [-0.05, 0) is 83.0 Å². The van der Waals surface area contributed by atoms with Crippen molar-refractivity contribution in [3.8, 4) is 5.75 Å². The molecule has 2 aromatic carbocycles. The van der Waals surface area contributed by atoms with Crippen molar-refractivity contribution in [1.82, 2.24) is 9.62 Å². The summed E-state index contributed by atoms with van der Waals surface area (Å²) in [5, 5.41) is 0. The summed E-state index contributed by atoms with van der Waals surface area (Å²) in [4.78, 5) is 18.2. The Balaban J connectivity index is 1.73. The van der Waals surface area contributed by atoms with Gasteiger partial charge in [-0.25, -0.2) is 4.21 Å². The lowest BCUT2D eigenvalue weighted by Crippen LogP contribution is -2.45. The second kappa shape index (κ2) is 16.2. The second-order valence-corrected chi connectivity index (χ2v) is 14.3. The summed E-state index contributed by atoms with van der Waals surface area (Å²) in [6.45, 7) is 13.8. The number of hydrogen-bond donors (Lipinski definition) is 1. The molecule has 1 N–H and O–H groups in total. The fraction of sp³-hybridized carbons (Fsp3) is 0.583. The monoisotopic (exact) mass is 639 g/mol. The van der Waals surface area contributed by atoms with Crippen LogP contribution in [0.15, 0.2) is 53.4 Å². The molecular weight excluding hydrogens is 586 g/mol. The van der Waals surface area contributed by atoms with Crippen LogP contribution in [0.2, 0.25) is 0 Å². The number of anilines is 1. The summed E-state index contributed by atoms with van der Waals surface area (Å²) in [5.74, 6) is 0.776. The van der Waals surface area contributed by atoms with Crippen molar-refractivity contribution in [1.29, 1.82) is 0 Å². The molecule has 248 valence electrons. The van der Waals surface area contributed by atoms with Crippen LogP contribution >= 0.6 is 0 Å². The first-order valence-electron chi connectivity index (χ1n) is 16.4. The Morgan fingerprint density at radius 1 is 1.16 bits per heavy atom. The molecule has 0 radical (unpaired) electrons. The lowest BCUT2D eigenvalue weighted by atomic mass is 9.90. The molecule has 1 amide bonds. The molecule has 4 atom stereocenters. The summed E-state index contributed by atoms with van der Waals surface area (Å²) in [6, 6.07) is 12.4. The Morgan fingerprint density at radius 2 is 1.96 bits per heavy atom. The van der Waals surface area contributed by atoms with Crippen molar-refractivity contribution in [2.45, 2.75) is 82.8 Å². The molecule has 45 heavy (non-hydrogen) atoms. The van der Waals surface area contributed by atoms with Crippen molar-refractivity contribution in [2.24, 2.45) is 5.92 Å². The number of nitrogens with one attached hydrogen (secondary N) is 1. The molecule has 4 rings (SSSR count). The molecule has 9 heteroatoms. The number of benzene rings is 2. The Kier molecular flexibility index (Phi) is 12.7. The third-order valence-electron chi connectivity index (χ3n) is 8.83. The standard InChI is InChI=1S/C36H53N3O5S/c1-8-11-28-22-26(3)13-15-31(28)29-24-39-18-17-27(9-2)33(42-21-19-38(6)7)12-10-20-44-36(4,5)35(40)37-45(41)30-14-16-34(43-25-29)32(39)23-30/h10,12-16,22-23,27,29,33H,8-9,11,17-21,24-25H2,1-7H3,(H,37,40)/b12-10+. The van der Waals surface area contributed by atoms with E-state index in [1.54, 1.807) is 19.9 Å². The zero-order valence-electron chi connectivity index (χ0n) is 28.3. The SMILES string of the molecule is CCCc1cc(C)ccc1C1COc2ccc3cc2N(CCC(CC)C(OCCN(C)C)/C=C/COC(C)(C)C(=O)NS3=O)C1. The number of carbonyl (C=O) groups is 1. The molecule has 0 saturated heterocycles. The fourth-order valence-electron chi connectivity index (χ4n) is 6.03. The Labute approximate surface area is 273 Å². The van der Waals surface area contributed by atoms with E-state index >= 15 is 0 Å². The first-order valence-corrected chi connectivity index (χ1v) is 17.6. The van der Waals surface area contributed by atoms with Gasteiger partial charge in [-0.1, -0.05) is 62.6 Å². The normalized spacial score (nSPS) is 24.9. The molecule has 0 spiro atoms. The summed E-state index contributed by atoms with van der Waals surface area (Å²) >= 11 is 0. The van der Waals surface area contributed by atoms with Crippen LogP contribution in [-0.2, 0) is 31.7 Å². The van der Waals surface area contributed by atoms with E-state index in [1.807, 2.05) is 32.3 Å². The van der Waals surface area contributed by atoms with Gasteiger partial charge in [0.2, 0.25) is 0 Å². The zero-order valence-corrected chi connectivity index (χ0v) is 29.1. The summed E-state index contributed by atoms with van der Waals surface area (Å²) in [6.07, 6.45) is 7.92. The van der Waals surface area contributed by atoms with Crippen LogP contribution in [0.25, 0.3) is 0 Å². The average Bonchev–Trinajstić information content (AvgIpc) is 3.18. The molecule has 0 aliphatic carbocycles.